The molecule has 3 nitrogen and oxygen atoms in total. The van der Waals surface area contributed by atoms with E-state index in [1.807, 2.05) is 30.3 Å². The van der Waals surface area contributed by atoms with Crippen LogP contribution in [0.3, 0.4) is 0 Å². The number of rotatable bonds is 2. The minimum Gasteiger partial charge on any atom is -0.258 e. The second-order valence-electron chi connectivity index (χ2n) is 3.57. The normalized spacial score (nSPS) is 29.1. The summed E-state index contributed by atoms with van der Waals surface area (Å²) in [6.07, 6.45) is 0.371. The van der Waals surface area contributed by atoms with E-state index in [1.54, 1.807) is 0 Å². The molecule has 1 heterocycles. The van der Waals surface area contributed by atoms with Gasteiger partial charge in [-0.05, 0) is 5.56 Å². The molecule has 2 unspecified atom stereocenters. The van der Waals surface area contributed by atoms with E-state index in [1.165, 1.54) is 0 Å². The van der Waals surface area contributed by atoms with E-state index in [0.717, 1.165) is 5.56 Å². The van der Waals surface area contributed by atoms with Crippen molar-refractivity contribution in [2.45, 2.75) is 11.0 Å². The molecule has 1 aliphatic rings. The molecule has 2 rings (SSSR count). The van der Waals surface area contributed by atoms with Gasteiger partial charge in [-0.2, -0.15) is 0 Å². The van der Waals surface area contributed by atoms with Gasteiger partial charge < -0.3 is 0 Å². The molecule has 1 saturated heterocycles. The summed E-state index contributed by atoms with van der Waals surface area (Å²) in [7, 11) is -4.35. The minimum absolute atomic E-state index is 0.0666. The van der Waals surface area contributed by atoms with Gasteiger partial charge in [0.2, 0.25) is 0 Å². The third kappa shape index (κ3) is 2.29. The summed E-state index contributed by atoms with van der Waals surface area (Å²) in [6.45, 7) is 0. The Bertz CT molecular complexity index is 465. The van der Waals surface area contributed by atoms with Crippen LogP contribution in [-0.2, 0) is 27.1 Å². The van der Waals surface area contributed by atoms with E-state index in [0.29, 0.717) is 12.2 Å². The van der Waals surface area contributed by atoms with Crippen LogP contribution in [0.1, 0.15) is 5.56 Å². The Kier molecular flexibility index (Phi) is 2.93. The van der Waals surface area contributed by atoms with E-state index in [2.05, 4.69) is 0 Å². The molecule has 5 heteroatoms. The van der Waals surface area contributed by atoms with Crippen LogP contribution in [0.2, 0.25) is 0 Å². The molecule has 15 heavy (non-hydrogen) atoms. The van der Waals surface area contributed by atoms with Crippen LogP contribution in [0, 0.1) is 0 Å². The van der Waals surface area contributed by atoms with Crippen LogP contribution in [0.15, 0.2) is 30.3 Å². The van der Waals surface area contributed by atoms with Gasteiger partial charge in [0.25, 0.3) is 0 Å². The van der Waals surface area contributed by atoms with Gasteiger partial charge in [-0.25, -0.2) is 8.42 Å². The van der Waals surface area contributed by atoms with Gasteiger partial charge in [0.15, 0.2) is 9.84 Å². The van der Waals surface area contributed by atoms with Crippen molar-refractivity contribution in [2.75, 3.05) is 11.5 Å². The van der Waals surface area contributed by atoms with Gasteiger partial charge in [-0.1, -0.05) is 30.3 Å². The highest BCUT2D eigenvalue weighted by molar-refractivity contribution is 8.09. The average molecular weight is 244 g/mol. The van der Waals surface area contributed by atoms with Gasteiger partial charge in [0.05, 0.1) is 5.75 Å². The van der Waals surface area contributed by atoms with Crippen molar-refractivity contribution in [3.05, 3.63) is 35.9 Å². The highest BCUT2D eigenvalue weighted by Crippen LogP contribution is 2.20. The van der Waals surface area contributed by atoms with Gasteiger partial charge in [0.1, 0.15) is 4.58 Å². The molecule has 0 N–H and O–H groups in total. The first-order chi connectivity index (χ1) is 7.09. The molecule has 0 amide bonds. The maximum absolute atomic E-state index is 11.6. The zero-order chi connectivity index (χ0) is 10.9. The highest BCUT2D eigenvalue weighted by Gasteiger charge is 2.37. The topological polar surface area (TPSA) is 51.2 Å². The third-order valence-corrected chi connectivity index (χ3v) is 7.39. The van der Waals surface area contributed by atoms with E-state index >= 15 is 0 Å². The Hall–Kier alpha value is -0.680. The lowest BCUT2D eigenvalue weighted by Crippen LogP contribution is -2.21. The number of hydrogen-bond donors (Lipinski definition) is 0. The predicted octanol–water partition coefficient (Wildman–Crippen LogP) is 0.732. The molecule has 1 fully saturated rings. The lowest BCUT2D eigenvalue weighted by atomic mass is 10.2. The fourth-order valence-electron chi connectivity index (χ4n) is 1.65. The fourth-order valence-corrected chi connectivity index (χ4v) is 6.47. The van der Waals surface area contributed by atoms with Gasteiger partial charge in [0, 0.05) is 23.0 Å². The first-order valence-electron chi connectivity index (χ1n) is 4.72. The standard InChI is InChI=1S/C10H12O3S2/c11-14-6-7-15(12,13)10(14)8-9-4-2-1-3-5-9/h1-5,10H,6-8H2. The summed E-state index contributed by atoms with van der Waals surface area (Å²) in [5.41, 5.74) is 0.932. The zero-order valence-corrected chi connectivity index (χ0v) is 9.76. The van der Waals surface area contributed by atoms with E-state index in [9.17, 15) is 12.6 Å². The Morgan fingerprint density at radius 2 is 1.93 bits per heavy atom. The zero-order valence-electron chi connectivity index (χ0n) is 8.13. The van der Waals surface area contributed by atoms with E-state index in [-0.39, 0.29) is 5.75 Å². The molecule has 0 aliphatic carbocycles. The molecule has 2 atom stereocenters. The van der Waals surface area contributed by atoms with Gasteiger partial charge in [-0.15, -0.1) is 0 Å². The van der Waals surface area contributed by atoms with Crippen LogP contribution < -0.4 is 0 Å². The second kappa shape index (κ2) is 4.06. The fraction of sp³-hybridized carbons (Fsp3) is 0.400. The molecule has 0 bridgehead atoms. The number of benzene rings is 1. The molecular formula is C10H12O3S2. The molecule has 1 aliphatic heterocycles. The number of sulfone groups is 1. The van der Waals surface area contributed by atoms with Crippen molar-refractivity contribution in [1.82, 2.24) is 0 Å². The third-order valence-electron chi connectivity index (χ3n) is 2.51. The predicted molar refractivity (Wildman–Crippen MR) is 60.7 cm³/mol. The van der Waals surface area contributed by atoms with Crippen LogP contribution in [0.5, 0.6) is 0 Å². The van der Waals surface area contributed by atoms with E-state index < -0.39 is 25.2 Å². The summed E-state index contributed by atoms with van der Waals surface area (Å²) in [4.78, 5) is 0. The van der Waals surface area contributed by atoms with Gasteiger partial charge in [-0.3, -0.25) is 4.21 Å². The Morgan fingerprint density at radius 1 is 1.27 bits per heavy atom. The first-order valence-corrected chi connectivity index (χ1v) is 7.82. The van der Waals surface area contributed by atoms with E-state index in [4.69, 9.17) is 0 Å². The average Bonchev–Trinajstić information content (AvgIpc) is 2.47. The molecule has 82 valence electrons. The monoisotopic (exact) mass is 244 g/mol. The summed E-state index contributed by atoms with van der Waals surface area (Å²) in [5, 5.41) is 0. The summed E-state index contributed by atoms with van der Waals surface area (Å²) >= 11 is 0. The Balaban J connectivity index is 2.22. The van der Waals surface area contributed by atoms with Crippen molar-refractivity contribution >= 4 is 20.6 Å². The summed E-state index contributed by atoms with van der Waals surface area (Å²) in [5.74, 6) is 0.358. The lowest BCUT2D eigenvalue weighted by Gasteiger charge is -2.07. The Morgan fingerprint density at radius 3 is 2.47 bits per heavy atom. The molecule has 1 aromatic carbocycles. The smallest absolute Gasteiger partial charge is 0.166 e. The first kappa shape index (κ1) is 10.8. The van der Waals surface area contributed by atoms with Crippen molar-refractivity contribution in [3.8, 4) is 0 Å². The minimum atomic E-state index is -3.13. The molecule has 0 spiro atoms. The van der Waals surface area contributed by atoms with Crippen LogP contribution in [-0.4, -0.2) is 28.7 Å². The van der Waals surface area contributed by atoms with Gasteiger partial charge >= 0.3 is 0 Å². The lowest BCUT2D eigenvalue weighted by molar-refractivity contribution is 0.595. The molecule has 0 saturated carbocycles. The molecule has 1 aromatic rings. The maximum atomic E-state index is 11.6. The quantitative estimate of drug-likeness (QED) is 0.770. The SMILES string of the molecule is O=S1CCS(=O)(=O)C1Cc1ccccc1. The van der Waals surface area contributed by atoms with Crippen LogP contribution in [0.25, 0.3) is 0 Å². The maximum Gasteiger partial charge on any atom is 0.166 e. The Labute approximate surface area is 91.9 Å². The second-order valence-corrected chi connectivity index (χ2v) is 7.91. The van der Waals surface area contributed by atoms with Crippen molar-refractivity contribution in [3.63, 3.8) is 0 Å². The molecular weight excluding hydrogens is 232 g/mol. The molecule has 0 radical (unpaired) electrons. The van der Waals surface area contributed by atoms with Crippen molar-refractivity contribution < 1.29 is 12.6 Å². The van der Waals surface area contributed by atoms with Crippen LogP contribution in [0.4, 0.5) is 0 Å². The van der Waals surface area contributed by atoms with Crippen molar-refractivity contribution in [1.29, 1.82) is 0 Å². The largest absolute Gasteiger partial charge is 0.258 e. The summed E-state index contributed by atoms with van der Waals surface area (Å²) in [6, 6.07) is 9.33. The van der Waals surface area contributed by atoms with Crippen LogP contribution >= 0.6 is 0 Å². The molecule has 0 aromatic heterocycles. The summed E-state index contributed by atoms with van der Waals surface area (Å²) < 4.78 is 34.0. The highest BCUT2D eigenvalue weighted by atomic mass is 32.3. The number of hydrogen-bond acceptors (Lipinski definition) is 3. The van der Waals surface area contributed by atoms with Crippen molar-refractivity contribution in [2.24, 2.45) is 0 Å².